The molecule has 8 N–H and O–H groups in total. The number of hydrogen-bond donors (Lipinski definition) is 6. The molecule has 0 heterocycles. The van der Waals surface area contributed by atoms with Gasteiger partial charge < -0.3 is 26.4 Å². The maximum atomic E-state index is 9.00. The van der Waals surface area contributed by atoms with Crippen LogP contribution in [0, 0.1) is 10.8 Å². The normalized spacial score (nSPS) is 9.35. The summed E-state index contributed by atoms with van der Waals surface area (Å²) in [7, 11) is 0. The number of nitrogens with one attached hydrogen (secondary N) is 2. The van der Waals surface area contributed by atoms with Crippen molar-refractivity contribution in [3.05, 3.63) is 89.5 Å². The predicted octanol–water partition coefficient (Wildman–Crippen LogP) is 3.68. The molecule has 0 spiro atoms. The van der Waals surface area contributed by atoms with Crippen molar-refractivity contribution in [3.8, 4) is 16.9 Å². The molecule has 0 amide bonds. The molecule has 34 heavy (non-hydrogen) atoms. The molecule has 0 unspecified atom stereocenters. The fraction of sp³-hybridized carbons (Fsp3) is 0.120. The van der Waals surface area contributed by atoms with Gasteiger partial charge in [0, 0.05) is 25.0 Å². The van der Waals surface area contributed by atoms with E-state index >= 15 is 0 Å². The van der Waals surface area contributed by atoms with Crippen molar-refractivity contribution >= 4 is 23.6 Å². The number of benzene rings is 3. The third kappa shape index (κ3) is 10.6. The van der Waals surface area contributed by atoms with Crippen molar-refractivity contribution in [1.82, 2.24) is 0 Å². The highest BCUT2D eigenvalue weighted by molar-refractivity contribution is 5.95. The Hall–Kier alpha value is -4.66. The second kappa shape index (κ2) is 13.7. The number of carbonyl (C=O) groups is 2. The lowest BCUT2D eigenvalue weighted by atomic mass is 10.0. The van der Waals surface area contributed by atoms with E-state index in [4.69, 9.17) is 46.8 Å². The Bertz CT molecular complexity index is 1090. The zero-order valence-corrected chi connectivity index (χ0v) is 18.9. The lowest BCUT2D eigenvalue weighted by Crippen LogP contribution is -2.10. The van der Waals surface area contributed by atoms with E-state index in [0.717, 1.165) is 36.3 Å². The van der Waals surface area contributed by atoms with Crippen molar-refractivity contribution in [2.75, 3.05) is 0 Å². The summed E-state index contributed by atoms with van der Waals surface area (Å²) >= 11 is 0. The van der Waals surface area contributed by atoms with E-state index in [1.165, 1.54) is 0 Å². The number of carboxylic acid groups (broad SMARTS) is 2. The molecule has 0 aromatic heterocycles. The molecule has 0 aliphatic carbocycles. The molecule has 0 aliphatic rings. The van der Waals surface area contributed by atoms with Gasteiger partial charge in [-0.15, -0.1) is 0 Å². The minimum Gasteiger partial charge on any atom is -0.489 e. The number of nitrogen functional groups attached to an aromatic ring is 2. The van der Waals surface area contributed by atoms with Crippen LogP contribution in [-0.4, -0.2) is 33.8 Å². The van der Waals surface area contributed by atoms with Gasteiger partial charge in [-0.05, 0) is 28.8 Å². The van der Waals surface area contributed by atoms with Gasteiger partial charge in [-0.3, -0.25) is 20.4 Å². The largest absolute Gasteiger partial charge is 0.489 e. The molecule has 0 aliphatic heterocycles. The van der Waals surface area contributed by atoms with Gasteiger partial charge in [0.1, 0.15) is 24.0 Å². The molecule has 0 saturated carbocycles. The van der Waals surface area contributed by atoms with Gasteiger partial charge >= 0.3 is 0 Å². The Kier molecular flexibility index (Phi) is 11.0. The van der Waals surface area contributed by atoms with Gasteiger partial charge in [-0.25, -0.2) is 0 Å². The lowest BCUT2D eigenvalue weighted by molar-refractivity contribution is -0.135. The first-order chi connectivity index (χ1) is 16.0. The molecular formula is C25H28N4O5. The van der Waals surface area contributed by atoms with Gasteiger partial charge in [0.25, 0.3) is 11.9 Å². The summed E-state index contributed by atoms with van der Waals surface area (Å²) < 4.78 is 5.80. The second-order valence-electron chi connectivity index (χ2n) is 6.95. The first-order valence-corrected chi connectivity index (χ1v) is 9.99. The van der Waals surface area contributed by atoms with E-state index in [1.54, 1.807) is 0 Å². The standard InChI is InChI=1S/C21H20N4O.2C2H4O2/c22-20(23)17-3-1-14(2-4-17)13-26-19-11-9-16(10-12-19)15-5-7-18(8-6-15)21(24)25;2*1-2(3)4/h1-12H,13H2,(H3,22,23)(H3,24,25);2*1H3,(H,3,4). The molecule has 0 bridgehead atoms. The lowest BCUT2D eigenvalue weighted by Gasteiger charge is -2.09. The first-order valence-electron chi connectivity index (χ1n) is 9.99. The summed E-state index contributed by atoms with van der Waals surface area (Å²) in [5, 5.41) is 29.7. The Morgan fingerprint density at radius 1 is 0.706 bits per heavy atom. The Morgan fingerprint density at radius 2 is 1.03 bits per heavy atom. The minimum atomic E-state index is -0.833. The number of carboxylic acids is 2. The van der Waals surface area contributed by atoms with E-state index in [9.17, 15) is 0 Å². The van der Waals surface area contributed by atoms with Crippen LogP contribution in [0.15, 0.2) is 72.8 Å². The van der Waals surface area contributed by atoms with Crippen molar-refractivity contribution in [2.24, 2.45) is 11.5 Å². The van der Waals surface area contributed by atoms with E-state index in [-0.39, 0.29) is 11.7 Å². The fourth-order valence-electron chi connectivity index (χ4n) is 2.53. The predicted molar refractivity (Wildman–Crippen MR) is 131 cm³/mol. The summed E-state index contributed by atoms with van der Waals surface area (Å²) in [4.78, 5) is 18.0. The average Bonchev–Trinajstić information content (AvgIpc) is 2.77. The molecule has 178 valence electrons. The molecule has 3 aromatic rings. The Balaban J connectivity index is 0.000000629. The van der Waals surface area contributed by atoms with Crippen LogP contribution in [0.25, 0.3) is 11.1 Å². The zero-order chi connectivity index (χ0) is 25.7. The molecule has 3 rings (SSSR count). The topological polar surface area (TPSA) is 184 Å². The summed E-state index contributed by atoms with van der Waals surface area (Å²) in [6.07, 6.45) is 0. The maximum Gasteiger partial charge on any atom is 0.300 e. The van der Waals surface area contributed by atoms with Crippen LogP contribution in [0.1, 0.15) is 30.5 Å². The van der Waals surface area contributed by atoms with Gasteiger partial charge in [-0.2, -0.15) is 0 Å². The average molecular weight is 465 g/mol. The minimum absolute atomic E-state index is 0.0596. The van der Waals surface area contributed by atoms with Crippen LogP contribution < -0.4 is 16.2 Å². The SMILES string of the molecule is CC(=O)O.CC(=O)O.N=C(N)c1ccc(COc2ccc(-c3ccc(C(=N)N)cc3)cc2)cc1. The van der Waals surface area contributed by atoms with Crippen LogP contribution in [-0.2, 0) is 16.2 Å². The Labute approximate surface area is 197 Å². The number of amidine groups is 2. The number of nitrogens with two attached hydrogens (primary N) is 2. The molecule has 0 radical (unpaired) electrons. The highest BCUT2D eigenvalue weighted by Crippen LogP contribution is 2.23. The smallest absolute Gasteiger partial charge is 0.300 e. The molecule has 9 nitrogen and oxygen atoms in total. The number of hydrogen-bond acceptors (Lipinski definition) is 5. The summed E-state index contributed by atoms with van der Waals surface area (Å²) in [5.41, 5.74) is 15.5. The van der Waals surface area contributed by atoms with Gasteiger partial charge in [-0.1, -0.05) is 60.7 Å². The monoisotopic (exact) mass is 464 g/mol. The van der Waals surface area contributed by atoms with Crippen molar-refractivity contribution in [3.63, 3.8) is 0 Å². The van der Waals surface area contributed by atoms with E-state index in [1.807, 2.05) is 72.8 Å². The fourth-order valence-corrected chi connectivity index (χ4v) is 2.53. The summed E-state index contributed by atoms with van der Waals surface area (Å²) in [5.74, 6) is -0.759. The summed E-state index contributed by atoms with van der Waals surface area (Å²) in [6.45, 7) is 2.62. The number of ether oxygens (including phenoxy) is 1. The van der Waals surface area contributed by atoms with Crippen molar-refractivity contribution in [1.29, 1.82) is 10.8 Å². The quantitative estimate of drug-likeness (QED) is 0.237. The zero-order valence-electron chi connectivity index (χ0n) is 18.9. The van der Waals surface area contributed by atoms with Crippen LogP contribution in [0.4, 0.5) is 0 Å². The first kappa shape index (κ1) is 27.4. The molecular weight excluding hydrogens is 436 g/mol. The molecule has 0 atom stereocenters. The van der Waals surface area contributed by atoms with E-state index in [0.29, 0.717) is 17.7 Å². The van der Waals surface area contributed by atoms with Crippen molar-refractivity contribution in [2.45, 2.75) is 20.5 Å². The van der Waals surface area contributed by atoms with E-state index in [2.05, 4.69) is 0 Å². The third-order valence-electron chi connectivity index (χ3n) is 4.05. The Morgan fingerprint density at radius 3 is 1.38 bits per heavy atom. The number of rotatable bonds is 6. The van der Waals surface area contributed by atoms with Gasteiger partial charge in [0.2, 0.25) is 0 Å². The molecule has 0 saturated heterocycles. The summed E-state index contributed by atoms with van der Waals surface area (Å²) in [6, 6.07) is 22.9. The van der Waals surface area contributed by atoms with Crippen LogP contribution >= 0.6 is 0 Å². The van der Waals surface area contributed by atoms with Gasteiger partial charge in [0.15, 0.2) is 0 Å². The van der Waals surface area contributed by atoms with E-state index < -0.39 is 11.9 Å². The second-order valence-corrected chi connectivity index (χ2v) is 6.95. The van der Waals surface area contributed by atoms with Crippen LogP contribution in [0.3, 0.4) is 0 Å². The molecule has 9 heteroatoms. The van der Waals surface area contributed by atoms with Crippen LogP contribution in [0.2, 0.25) is 0 Å². The molecule has 3 aromatic carbocycles. The van der Waals surface area contributed by atoms with Crippen molar-refractivity contribution < 1.29 is 24.5 Å². The highest BCUT2D eigenvalue weighted by Gasteiger charge is 2.02. The molecule has 0 fully saturated rings. The number of aliphatic carboxylic acids is 2. The van der Waals surface area contributed by atoms with Gasteiger partial charge in [0.05, 0.1) is 0 Å². The third-order valence-corrected chi connectivity index (χ3v) is 4.05. The highest BCUT2D eigenvalue weighted by atomic mass is 16.5. The van der Waals surface area contributed by atoms with Crippen LogP contribution in [0.5, 0.6) is 5.75 Å². The maximum absolute atomic E-state index is 9.00.